The maximum atomic E-state index is 13.5. The summed E-state index contributed by atoms with van der Waals surface area (Å²) in [6.45, 7) is 5.88. The molecule has 22 heavy (non-hydrogen) atoms. The van der Waals surface area contributed by atoms with Gasteiger partial charge in [-0.25, -0.2) is 4.39 Å². The number of aromatic nitrogens is 1. The van der Waals surface area contributed by atoms with Crippen LogP contribution < -0.4 is 10.7 Å². The van der Waals surface area contributed by atoms with Gasteiger partial charge in [0.1, 0.15) is 0 Å². The Balaban J connectivity index is 2.57. The lowest BCUT2D eigenvalue weighted by molar-refractivity contribution is 0.534. The first-order valence-electron chi connectivity index (χ1n) is 7.20. The van der Waals surface area contributed by atoms with Crippen molar-refractivity contribution < 1.29 is 4.39 Å². The van der Waals surface area contributed by atoms with Crippen LogP contribution in [-0.4, -0.2) is 36.3 Å². The van der Waals surface area contributed by atoms with Crippen LogP contribution in [0.15, 0.2) is 42.4 Å². The van der Waals surface area contributed by atoms with E-state index < -0.39 is 5.82 Å². The average molecular weight is 305 g/mol. The molecule has 0 saturated heterocycles. The van der Waals surface area contributed by atoms with Gasteiger partial charge in [-0.1, -0.05) is 13.8 Å². The van der Waals surface area contributed by atoms with Crippen molar-refractivity contribution in [3.63, 3.8) is 0 Å². The van der Waals surface area contributed by atoms with Crippen molar-refractivity contribution in [2.45, 2.75) is 13.8 Å². The van der Waals surface area contributed by atoms with Crippen molar-refractivity contribution in [3.8, 4) is 0 Å². The Kier molecular flexibility index (Phi) is 7.85. The number of hydrazine groups is 1. The first-order chi connectivity index (χ1) is 10.5. The van der Waals surface area contributed by atoms with E-state index in [4.69, 9.17) is 5.41 Å². The average Bonchev–Trinajstić information content (AvgIpc) is 2.47. The molecule has 0 radical (unpaired) electrons. The summed E-state index contributed by atoms with van der Waals surface area (Å²) in [5.74, 6) is 0.167. The molecule has 120 valence electrons. The van der Waals surface area contributed by atoms with Gasteiger partial charge in [0.15, 0.2) is 5.82 Å². The fraction of sp³-hybridized carbons (Fsp3) is 0.375. The molecule has 0 atom stereocenters. The van der Waals surface area contributed by atoms with E-state index >= 15 is 0 Å². The minimum atomic E-state index is -0.406. The molecule has 0 aliphatic heterocycles. The van der Waals surface area contributed by atoms with E-state index in [1.807, 2.05) is 6.08 Å². The Morgan fingerprint density at radius 1 is 1.50 bits per heavy atom. The summed E-state index contributed by atoms with van der Waals surface area (Å²) in [6, 6.07) is 1.57. The van der Waals surface area contributed by atoms with Crippen LogP contribution in [0.2, 0.25) is 0 Å². The van der Waals surface area contributed by atoms with Crippen molar-refractivity contribution in [1.82, 2.24) is 15.3 Å². The summed E-state index contributed by atoms with van der Waals surface area (Å²) >= 11 is 0. The summed E-state index contributed by atoms with van der Waals surface area (Å²) < 4.78 is 13.5. The molecule has 0 bridgehead atoms. The fourth-order valence-electron chi connectivity index (χ4n) is 1.69. The van der Waals surface area contributed by atoms with Crippen molar-refractivity contribution in [1.29, 1.82) is 5.41 Å². The normalized spacial score (nSPS) is 12.0. The van der Waals surface area contributed by atoms with Gasteiger partial charge in [0, 0.05) is 32.2 Å². The Morgan fingerprint density at radius 3 is 2.91 bits per heavy atom. The van der Waals surface area contributed by atoms with Gasteiger partial charge in [-0.15, -0.1) is 0 Å². The minimum absolute atomic E-state index is 0.359. The summed E-state index contributed by atoms with van der Waals surface area (Å²) in [6.07, 6.45) is 9.34. The van der Waals surface area contributed by atoms with Gasteiger partial charge < -0.3 is 10.7 Å². The molecule has 1 rings (SSSR count). The van der Waals surface area contributed by atoms with E-state index in [-0.39, 0.29) is 0 Å². The van der Waals surface area contributed by atoms with Crippen LogP contribution in [0.3, 0.4) is 0 Å². The zero-order valence-corrected chi connectivity index (χ0v) is 13.3. The van der Waals surface area contributed by atoms with E-state index in [2.05, 4.69) is 29.6 Å². The fourth-order valence-corrected chi connectivity index (χ4v) is 1.69. The summed E-state index contributed by atoms with van der Waals surface area (Å²) in [4.78, 5) is 3.70. The highest BCUT2D eigenvalue weighted by Crippen LogP contribution is 2.11. The minimum Gasteiger partial charge on any atom is -0.312 e. The van der Waals surface area contributed by atoms with E-state index in [1.165, 1.54) is 12.4 Å². The van der Waals surface area contributed by atoms with Crippen molar-refractivity contribution >= 4 is 11.9 Å². The van der Waals surface area contributed by atoms with Gasteiger partial charge >= 0.3 is 0 Å². The Hall–Kier alpha value is -2.21. The molecule has 0 amide bonds. The number of rotatable bonds is 9. The van der Waals surface area contributed by atoms with Crippen LogP contribution in [0.1, 0.15) is 13.8 Å². The van der Waals surface area contributed by atoms with Gasteiger partial charge in [0.25, 0.3) is 0 Å². The van der Waals surface area contributed by atoms with E-state index in [0.29, 0.717) is 18.2 Å². The lowest BCUT2D eigenvalue weighted by Crippen LogP contribution is -2.23. The summed E-state index contributed by atoms with van der Waals surface area (Å²) in [5.41, 5.74) is 4.24. The van der Waals surface area contributed by atoms with Crippen molar-refractivity contribution in [2.75, 3.05) is 25.6 Å². The number of hydrogen-bond donors (Lipinski definition) is 3. The molecule has 1 aromatic rings. The molecule has 0 aliphatic carbocycles. The summed E-state index contributed by atoms with van der Waals surface area (Å²) in [7, 11) is 1.78. The van der Waals surface area contributed by atoms with Crippen molar-refractivity contribution in [2.24, 2.45) is 5.92 Å². The highest BCUT2D eigenvalue weighted by Gasteiger charge is 2.01. The number of anilines is 1. The number of hydrogen-bond acceptors (Lipinski definition) is 5. The lowest BCUT2D eigenvalue weighted by Gasteiger charge is -2.17. The van der Waals surface area contributed by atoms with Gasteiger partial charge in [0.2, 0.25) is 0 Å². The largest absolute Gasteiger partial charge is 0.312 e. The molecule has 0 saturated carbocycles. The topological polar surface area (TPSA) is 64.0 Å². The van der Waals surface area contributed by atoms with Gasteiger partial charge in [-0.05, 0) is 36.3 Å². The molecule has 0 fully saturated rings. The first kappa shape index (κ1) is 17.8. The molecule has 0 spiro atoms. The van der Waals surface area contributed by atoms with Gasteiger partial charge in [-0.2, -0.15) is 0 Å². The quantitative estimate of drug-likeness (QED) is 0.373. The maximum Gasteiger partial charge on any atom is 0.166 e. The maximum absolute atomic E-state index is 13.5. The second-order valence-electron chi connectivity index (χ2n) is 5.33. The molecular weight excluding hydrogens is 281 g/mol. The predicted molar refractivity (Wildman–Crippen MR) is 89.3 cm³/mol. The number of nitrogens with zero attached hydrogens (tertiary/aromatic N) is 2. The molecule has 5 nitrogen and oxygen atoms in total. The molecule has 0 unspecified atom stereocenters. The van der Waals surface area contributed by atoms with E-state index in [1.54, 1.807) is 30.4 Å². The third-order valence-corrected chi connectivity index (χ3v) is 2.76. The van der Waals surface area contributed by atoms with Crippen LogP contribution in [0, 0.1) is 17.1 Å². The second kappa shape index (κ2) is 9.68. The Morgan fingerprint density at radius 2 is 2.27 bits per heavy atom. The monoisotopic (exact) mass is 305 g/mol. The van der Waals surface area contributed by atoms with Crippen LogP contribution in [0.5, 0.6) is 0 Å². The smallest absolute Gasteiger partial charge is 0.166 e. The van der Waals surface area contributed by atoms with Crippen LogP contribution in [0.25, 0.3) is 0 Å². The number of allylic oxidation sites excluding steroid dienone is 1. The standard InChI is InChI=1S/C16H24FN5/c1-13(2)10-20-11-14(4-7-18)6-9-22(3)21-16-5-8-19-12-15(16)17/h4-9,12-13,18,20H,10-11H2,1-3H3,(H,19,21)/b9-6-,14-4-,18-7?. The third-order valence-electron chi connectivity index (χ3n) is 2.76. The first-order valence-corrected chi connectivity index (χ1v) is 7.20. The van der Waals surface area contributed by atoms with Crippen LogP contribution in [0.4, 0.5) is 10.1 Å². The second-order valence-corrected chi connectivity index (χ2v) is 5.33. The Labute approximate surface area is 131 Å². The van der Waals surface area contributed by atoms with Gasteiger partial charge in [0.05, 0.1) is 11.9 Å². The third kappa shape index (κ3) is 6.99. The van der Waals surface area contributed by atoms with E-state index in [9.17, 15) is 4.39 Å². The van der Waals surface area contributed by atoms with Gasteiger partial charge in [-0.3, -0.25) is 15.4 Å². The molecule has 1 heterocycles. The SMILES string of the molecule is CC(C)CNCC(/C=C\N(C)Nc1ccncc1F)=C\C=N. The number of pyridine rings is 1. The van der Waals surface area contributed by atoms with Crippen molar-refractivity contribution in [3.05, 3.63) is 48.2 Å². The molecule has 0 aliphatic rings. The zero-order chi connectivity index (χ0) is 16.4. The lowest BCUT2D eigenvalue weighted by atomic mass is 10.2. The van der Waals surface area contributed by atoms with Crippen LogP contribution >= 0.6 is 0 Å². The highest BCUT2D eigenvalue weighted by atomic mass is 19.1. The Bertz CT molecular complexity index is 525. The molecule has 6 heteroatoms. The van der Waals surface area contributed by atoms with Crippen LogP contribution in [-0.2, 0) is 0 Å². The highest BCUT2D eigenvalue weighted by molar-refractivity contribution is 5.70. The number of nitrogens with one attached hydrogen (secondary N) is 3. The molecule has 3 N–H and O–H groups in total. The summed E-state index contributed by atoms with van der Waals surface area (Å²) in [5, 5.41) is 12.2. The number of halogens is 1. The molecule has 1 aromatic heterocycles. The molecule has 0 aromatic carbocycles. The molecular formula is C16H24FN5. The van der Waals surface area contributed by atoms with E-state index in [0.717, 1.165) is 18.3 Å². The predicted octanol–water partition coefficient (Wildman–Crippen LogP) is 2.81. The zero-order valence-electron chi connectivity index (χ0n) is 13.3.